The fourth-order valence-corrected chi connectivity index (χ4v) is 4.42. The molecule has 0 bridgehead atoms. The number of carbonyl (C=O) groups excluding carboxylic acids is 1. The van der Waals surface area contributed by atoms with Gasteiger partial charge in [0.05, 0.1) is 34.6 Å². The normalized spacial score (nSPS) is 18.5. The number of hydrogen-bond acceptors (Lipinski definition) is 5. The first-order valence-corrected chi connectivity index (χ1v) is 9.46. The maximum absolute atomic E-state index is 12.2. The highest BCUT2D eigenvalue weighted by molar-refractivity contribution is 7.18. The minimum absolute atomic E-state index is 0.0429. The molecule has 1 aliphatic heterocycles. The third-order valence-electron chi connectivity index (χ3n) is 4.57. The lowest BCUT2D eigenvalue weighted by atomic mass is 9.99. The van der Waals surface area contributed by atoms with Gasteiger partial charge in [-0.3, -0.25) is 9.69 Å². The van der Waals surface area contributed by atoms with Crippen LogP contribution in [0.2, 0.25) is 0 Å². The highest BCUT2D eigenvalue weighted by atomic mass is 32.1. The Morgan fingerprint density at radius 1 is 1.32 bits per heavy atom. The van der Waals surface area contributed by atoms with E-state index in [0.29, 0.717) is 19.0 Å². The summed E-state index contributed by atoms with van der Waals surface area (Å²) in [6.07, 6.45) is 3.87. The molecule has 1 atom stereocenters. The van der Waals surface area contributed by atoms with Crippen molar-refractivity contribution in [3.05, 3.63) is 53.4 Å². The molecule has 1 saturated heterocycles. The number of nitrogens with one attached hydrogen (secondary N) is 1. The molecule has 1 aliphatic rings. The van der Waals surface area contributed by atoms with Crippen molar-refractivity contribution in [2.75, 3.05) is 19.6 Å². The Kier molecular flexibility index (Phi) is 4.81. The SMILES string of the molecule is O=C(CN1CCC[C@@H](c2nc3ccccc3s2)C1)NCc1ccco1. The first-order valence-electron chi connectivity index (χ1n) is 8.65. The third kappa shape index (κ3) is 3.91. The van der Waals surface area contributed by atoms with Crippen LogP contribution in [0.5, 0.6) is 0 Å². The van der Waals surface area contributed by atoms with Crippen LogP contribution in [0.4, 0.5) is 0 Å². The zero-order valence-corrected chi connectivity index (χ0v) is 14.8. The molecule has 6 heteroatoms. The topological polar surface area (TPSA) is 58.4 Å². The number of rotatable bonds is 5. The number of piperidine rings is 1. The first kappa shape index (κ1) is 16.3. The number of carbonyl (C=O) groups is 1. The van der Waals surface area contributed by atoms with Crippen molar-refractivity contribution in [3.8, 4) is 0 Å². The molecule has 0 aliphatic carbocycles. The van der Waals surface area contributed by atoms with Gasteiger partial charge in [-0.15, -0.1) is 11.3 Å². The van der Waals surface area contributed by atoms with Crippen molar-refractivity contribution in [2.24, 2.45) is 0 Å². The summed E-state index contributed by atoms with van der Waals surface area (Å²) in [6.45, 7) is 2.74. The largest absolute Gasteiger partial charge is 0.467 e. The van der Waals surface area contributed by atoms with Crippen LogP contribution < -0.4 is 5.32 Å². The van der Waals surface area contributed by atoms with Gasteiger partial charge in [-0.05, 0) is 43.7 Å². The standard InChI is InChI=1S/C19H21N3O2S/c23-18(20-11-15-6-4-10-24-15)13-22-9-3-5-14(12-22)19-21-16-7-1-2-8-17(16)25-19/h1-2,4,6-8,10,14H,3,5,9,11-13H2,(H,20,23)/t14-/m1/s1. The molecule has 25 heavy (non-hydrogen) atoms. The first-order chi connectivity index (χ1) is 12.3. The molecule has 0 spiro atoms. The summed E-state index contributed by atoms with van der Waals surface area (Å²) in [5.74, 6) is 1.24. The Labute approximate surface area is 150 Å². The van der Waals surface area contributed by atoms with Crippen LogP contribution in [0.15, 0.2) is 47.1 Å². The number of nitrogens with zero attached hydrogens (tertiary/aromatic N) is 2. The molecule has 1 amide bonds. The molecular formula is C19H21N3O2S. The molecule has 2 aromatic heterocycles. The number of hydrogen-bond donors (Lipinski definition) is 1. The maximum atomic E-state index is 12.2. The Morgan fingerprint density at radius 3 is 3.08 bits per heavy atom. The van der Waals surface area contributed by atoms with E-state index in [0.717, 1.165) is 37.2 Å². The number of thiazole rings is 1. The van der Waals surface area contributed by atoms with E-state index in [1.807, 2.05) is 18.2 Å². The molecule has 4 rings (SSSR count). The maximum Gasteiger partial charge on any atom is 0.234 e. The lowest BCUT2D eigenvalue weighted by Gasteiger charge is -2.31. The molecule has 1 aromatic carbocycles. The molecule has 3 heterocycles. The van der Waals surface area contributed by atoms with Crippen LogP contribution >= 0.6 is 11.3 Å². The van der Waals surface area contributed by atoms with Gasteiger partial charge in [-0.2, -0.15) is 0 Å². The second kappa shape index (κ2) is 7.37. The monoisotopic (exact) mass is 355 g/mol. The van der Waals surface area contributed by atoms with Crippen molar-refractivity contribution in [2.45, 2.75) is 25.3 Å². The zero-order chi connectivity index (χ0) is 17.1. The van der Waals surface area contributed by atoms with Gasteiger partial charge in [0.15, 0.2) is 0 Å². The van der Waals surface area contributed by atoms with Gasteiger partial charge in [0, 0.05) is 12.5 Å². The van der Waals surface area contributed by atoms with Gasteiger partial charge in [0.25, 0.3) is 0 Å². The average molecular weight is 355 g/mol. The van der Waals surface area contributed by atoms with E-state index in [1.165, 1.54) is 9.71 Å². The van der Waals surface area contributed by atoms with Crippen LogP contribution in [0, 0.1) is 0 Å². The molecule has 5 nitrogen and oxygen atoms in total. The molecule has 3 aromatic rings. The van der Waals surface area contributed by atoms with E-state index >= 15 is 0 Å². The highest BCUT2D eigenvalue weighted by Crippen LogP contribution is 2.32. The van der Waals surface area contributed by atoms with Gasteiger partial charge in [0.1, 0.15) is 5.76 Å². The minimum Gasteiger partial charge on any atom is -0.467 e. The highest BCUT2D eigenvalue weighted by Gasteiger charge is 2.25. The lowest BCUT2D eigenvalue weighted by Crippen LogP contribution is -2.41. The average Bonchev–Trinajstić information content (AvgIpc) is 3.29. The van der Waals surface area contributed by atoms with Crippen LogP contribution in [-0.2, 0) is 11.3 Å². The Morgan fingerprint density at radius 2 is 2.24 bits per heavy atom. The number of fused-ring (bicyclic) bond motifs is 1. The second-order valence-corrected chi connectivity index (χ2v) is 7.51. The van der Waals surface area contributed by atoms with Gasteiger partial charge in [-0.1, -0.05) is 12.1 Å². The summed E-state index contributed by atoms with van der Waals surface area (Å²) >= 11 is 1.78. The molecule has 0 saturated carbocycles. The van der Waals surface area contributed by atoms with Crippen LogP contribution in [-0.4, -0.2) is 35.4 Å². The lowest BCUT2D eigenvalue weighted by molar-refractivity contribution is -0.122. The molecule has 0 radical (unpaired) electrons. The predicted octanol–water partition coefficient (Wildman–Crippen LogP) is 3.39. The number of furan rings is 1. The van der Waals surface area contributed by atoms with Gasteiger partial charge < -0.3 is 9.73 Å². The molecular weight excluding hydrogens is 334 g/mol. The van der Waals surface area contributed by atoms with Crippen LogP contribution in [0.3, 0.4) is 0 Å². The summed E-state index contributed by atoms with van der Waals surface area (Å²) in [4.78, 5) is 19.2. The van der Waals surface area contributed by atoms with E-state index in [2.05, 4.69) is 28.4 Å². The fraction of sp³-hybridized carbons (Fsp3) is 0.368. The molecule has 0 unspecified atom stereocenters. The van der Waals surface area contributed by atoms with Gasteiger partial charge in [0.2, 0.25) is 5.91 Å². The Hall–Kier alpha value is -2.18. The summed E-state index contributed by atoms with van der Waals surface area (Å²) in [5.41, 5.74) is 1.08. The van der Waals surface area contributed by atoms with Crippen molar-refractivity contribution in [1.29, 1.82) is 0 Å². The smallest absolute Gasteiger partial charge is 0.234 e. The fourth-order valence-electron chi connectivity index (χ4n) is 3.32. The number of para-hydroxylation sites is 1. The van der Waals surface area contributed by atoms with Crippen molar-refractivity contribution in [3.63, 3.8) is 0 Å². The van der Waals surface area contributed by atoms with Crippen molar-refractivity contribution in [1.82, 2.24) is 15.2 Å². The summed E-state index contributed by atoms with van der Waals surface area (Å²) in [7, 11) is 0. The number of benzene rings is 1. The third-order valence-corrected chi connectivity index (χ3v) is 5.77. The van der Waals surface area contributed by atoms with E-state index in [4.69, 9.17) is 9.40 Å². The van der Waals surface area contributed by atoms with Crippen LogP contribution in [0.1, 0.15) is 29.5 Å². The predicted molar refractivity (Wildman–Crippen MR) is 98.6 cm³/mol. The number of amides is 1. The number of likely N-dealkylation sites (tertiary alicyclic amines) is 1. The van der Waals surface area contributed by atoms with E-state index in [9.17, 15) is 4.79 Å². The zero-order valence-electron chi connectivity index (χ0n) is 14.0. The van der Waals surface area contributed by atoms with Crippen molar-refractivity contribution >= 4 is 27.5 Å². The van der Waals surface area contributed by atoms with Crippen LogP contribution in [0.25, 0.3) is 10.2 Å². The molecule has 1 N–H and O–H groups in total. The molecule has 130 valence electrons. The number of aromatic nitrogens is 1. The van der Waals surface area contributed by atoms with Gasteiger partial charge in [-0.25, -0.2) is 4.98 Å². The summed E-state index contributed by atoms with van der Waals surface area (Å²) in [6, 6.07) is 12.0. The van der Waals surface area contributed by atoms with E-state index in [-0.39, 0.29) is 5.91 Å². The molecule has 1 fully saturated rings. The Balaban J connectivity index is 1.34. The quantitative estimate of drug-likeness (QED) is 0.762. The van der Waals surface area contributed by atoms with E-state index < -0.39 is 0 Å². The van der Waals surface area contributed by atoms with Crippen molar-refractivity contribution < 1.29 is 9.21 Å². The van der Waals surface area contributed by atoms with Gasteiger partial charge >= 0.3 is 0 Å². The minimum atomic E-state index is 0.0429. The summed E-state index contributed by atoms with van der Waals surface area (Å²) in [5, 5.41) is 4.12. The van der Waals surface area contributed by atoms with E-state index in [1.54, 1.807) is 17.6 Å². The second-order valence-electron chi connectivity index (χ2n) is 6.45. The Bertz CT molecular complexity index is 810. The summed E-state index contributed by atoms with van der Waals surface area (Å²) < 4.78 is 6.48.